The number of benzene rings is 1. The van der Waals surface area contributed by atoms with Gasteiger partial charge in [0.1, 0.15) is 5.69 Å². The molecule has 0 aliphatic rings. The molecule has 104 valence electrons. The van der Waals surface area contributed by atoms with Crippen molar-refractivity contribution < 1.29 is 4.79 Å². The lowest BCUT2D eigenvalue weighted by Crippen LogP contribution is -2.14. The van der Waals surface area contributed by atoms with E-state index in [1.165, 1.54) is 0 Å². The average Bonchev–Trinajstić information content (AvgIpc) is 2.39. The molecule has 1 heterocycles. The van der Waals surface area contributed by atoms with Gasteiger partial charge in [-0.15, -0.1) is 0 Å². The highest BCUT2D eigenvalue weighted by atomic mass is 79.9. The molecule has 1 aromatic carbocycles. The van der Waals surface area contributed by atoms with Gasteiger partial charge in [-0.25, -0.2) is 4.98 Å². The second-order valence-electron chi connectivity index (χ2n) is 4.75. The van der Waals surface area contributed by atoms with Gasteiger partial charge in [0.15, 0.2) is 0 Å². The molecule has 1 amide bonds. The Morgan fingerprint density at radius 2 is 2.10 bits per heavy atom. The number of nitrogens with one attached hydrogen (secondary N) is 1. The van der Waals surface area contributed by atoms with Crippen molar-refractivity contribution >= 4 is 27.5 Å². The van der Waals surface area contributed by atoms with Crippen LogP contribution in [0.3, 0.4) is 0 Å². The summed E-state index contributed by atoms with van der Waals surface area (Å²) in [6.07, 6.45) is 1.61. The first-order chi connectivity index (χ1) is 9.54. The molecule has 0 fully saturated rings. The highest BCUT2D eigenvalue weighted by Crippen LogP contribution is 2.14. The van der Waals surface area contributed by atoms with Crippen LogP contribution in [-0.4, -0.2) is 29.9 Å². The Bertz CT molecular complexity index is 596. The number of nitrogens with zero attached hydrogens (tertiary/aromatic N) is 2. The molecule has 4 nitrogen and oxygen atoms in total. The summed E-state index contributed by atoms with van der Waals surface area (Å²) in [6.45, 7) is 0.834. The molecule has 0 bridgehead atoms. The van der Waals surface area contributed by atoms with Crippen molar-refractivity contribution in [2.45, 2.75) is 6.54 Å². The Hall–Kier alpha value is -1.72. The van der Waals surface area contributed by atoms with Gasteiger partial charge in [-0.3, -0.25) is 4.79 Å². The van der Waals surface area contributed by atoms with Crippen molar-refractivity contribution in [2.75, 3.05) is 19.4 Å². The first-order valence-electron chi connectivity index (χ1n) is 6.21. The first kappa shape index (κ1) is 14.7. The molecular weight excluding hydrogens is 318 g/mol. The summed E-state index contributed by atoms with van der Waals surface area (Å²) in [5.74, 6) is -0.209. The van der Waals surface area contributed by atoms with Crippen LogP contribution < -0.4 is 5.32 Å². The molecule has 1 N–H and O–H groups in total. The number of carbonyl (C=O) groups is 1. The molecule has 5 heteroatoms. The fraction of sp³-hybridized carbons (Fsp3) is 0.200. The third-order valence-electron chi connectivity index (χ3n) is 2.64. The van der Waals surface area contributed by atoms with Gasteiger partial charge < -0.3 is 10.2 Å². The maximum absolute atomic E-state index is 12.1. The van der Waals surface area contributed by atoms with Gasteiger partial charge in [0, 0.05) is 22.9 Å². The molecule has 0 aliphatic carbocycles. The van der Waals surface area contributed by atoms with Gasteiger partial charge in [-0.05, 0) is 59.9 Å². The van der Waals surface area contributed by atoms with Crippen LogP contribution in [0.1, 0.15) is 16.1 Å². The lowest BCUT2D eigenvalue weighted by atomic mass is 10.2. The van der Waals surface area contributed by atoms with E-state index in [0.29, 0.717) is 5.69 Å². The number of rotatable bonds is 4. The van der Waals surface area contributed by atoms with Crippen molar-refractivity contribution in [1.82, 2.24) is 9.88 Å². The fourth-order valence-corrected chi connectivity index (χ4v) is 2.05. The van der Waals surface area contributed by atoms with Gasteiger partial charge in [-0.2, -0.15) is 0 Å². The maximum Gasteiger partial charge on any atom is 0.274 e. The molecule has 2 aromatic rings. The lowest BCUT2D eigenvalue weighted by molar-refractivity contribution is 0.102. The van der Waals surface area contributed by atoms with Crippen molar-refractivity contribution in [3.05, 3.63) is 58.3 Å². The molecule has 2 rings (SSSR count). The number of pyridine rings is 1. The Balaban J connectivity index is 2.09. The predicted molar refractivity (Wildman–Crippen MR) is 83.7 cm³/mol. The minimum Gasteiger partial charge on any atom is -0.321 e. The molecule has 0 saturated carbocycles. The van der Waals surface area contributed by atoms with Gasteiger partial charge >= 0.3 is 0 Å². The molecule has 1 aromatic heterocycles. The molecule has 0 radical (unpaired) electrons. The molecule has 0 saturated heterocycles. The van der Waals surface area contributed by atoms with Crippen LogP contribution >= 0.6 is 15.9 Å². The molecule has 0 spiro atoms. The minimum atomic E-state index is -0.209. The Morgan fingerprint density at radius 1 is 1.30 bits per heavy atom. The van der Waals surface area contributed by atoms with Gasteiger partial charge in [-0.1, -0.05) is 12.1 Å². The summed E-state index contributed by atoms with van der Waals surface area (Å²) in [4.78, 5) is 18.2. The van der Waals surface area contributed by atoms with E-state index in [0.717, 1.165) is 22.3 Å². The Morgan fingerprint density at radius 3 is 2.75 bits per heavy atom. The van der Waals surface area contributed by atoms with E-state index in [1.807, 2.05) is 38.4 Å². The summed E-state index contributed by atoms with van der Waals surface area (Å²) in [5, 5.41) is 2.86. The molecule has 0 aliphatic heterocycles. The summed E-state index contributed by atoms with van der Waals surface area (Å²) >= 11 is 3.29. The zero-order valence-corrected chi connectivity index (χ0v) is 13.0. The summed E-state index contributed by atoms with van der Waals surface area (Å²) < 4.78 is 0.849. The van der Waals surface area contributed by atoms with E-state index in [9.17, 15) is 4.79 Å². The minimum absolute atomic E-state index is 0.209. The van der Waals surface area contributed by atoms with Gasteiger partial charge in [0.25, 0.3) is 5.91 Å². The number of hydrogen-bond donors (Lipinski definition) is 1. The van der Waals surface area contributed by atoms with E-state index >= 15 is 0 Å². The van der Waals surface area contributed by atoms with E-state index in [1.54, 1.807) is 18.3 Å². The largest absolute Gasteiger partial charge is 0.321 e. The van der Waals surface area contributed by atoms with Crippen LogP contribution in [0.2, 0.25) is 0 Å². The third kappa shape index (κ3) is 4.15. The van der Waals surface area contributed by atoms with Gasteiger partial charge in [0.05, 0.1) is 0 Å². The van der Waals surface area contributed by atoms with Gasteiger partial charge in [0.2, 0.25) is 0 Å². The normalized spacial score (nSPS) is 10.6. The number of anilines is 1. The lowest BCUT2D eigenvalue weighted by Gasteiger charge is -2.11. The van der Waals surface area contributed by atoms with E-state index in [-0.39, 0.29) is 5.91 Å². The van der Waals surface area contributed by atoms with Crippen LogP contribution in [0.25, 0.3) is 0 Å². The van der Waals surface area contributed by atoms with Crippen LogP contribution in [0.5, 0.6) is 0 Å². The second-order valence-corrected chi connectivity index (χ2v) is 5.67. The highest BCUT2D eigenvalue weighted by molar-refractivity contribution is 9.10. The zero-order valence-electron chi connectivity index (χ0n) is 11.4. The SMILES string of the molecule is CN(C)Cc1cccc(NC(=O)c2ccc(Br)cn2)c1. The number of hydrogen-bond acceptors (Lipinski definition) is 3. The van der Waals surface area contributed by atoms with Crippen molar-refractivity contribution in [2.24, 2.45) is 0 Å². The quantitative estimate of drug-likeness (QED) is 0.934. The smallest absolute Gasteiger partial charge is 0.274 e. The summed E-state index contributed by atoms with van der Waals surface area (Å²) in [5.41, 5.74) is 2.32. The molecule has 0 unspecified atom stereocenters. The zero-order chi connectivity index (χ0) is 14.5. The second kappa shape index (κ2) is 6.63. The predicted octanol–water partition coefficient (Wildman–Crippen LogP) is 3.16. The molecular formula is C15H16BrN3O. The van der Waals surface area contributed by atoms with E-state index in [4.69, 9.17) is 0 Å². The summed E-state index contributed by atoms with van der Waals surface area (Å²) in [6, 6.07) is 11.3. The number of aromatic nitrogens is 1. The molecule has 20 heavy (non-hydrogen) atoms. The van der Waals surface area contributed by atoms with Crippen LogP contribution in [-0.2, 0) is 6.54 Å². The Kier molecular flexibility index (Phi) is 4.87. The van der Waals surface area contributed by atoms with Crippen LogP contribution in [0.15, 0.2) is 47.1 Å². The monoisotopic (exact) mass is 333 g/mol. The number of halogens is 1. The van der Waals surface area contributed by atoms with E-state index < -0.39 is 0 Å². The van der Waals surface area contributed by atoms with Crippen LogP contribution in [0, 0.1) is 0 Å². The number of carbonyl (C=O) groups excluding carboxylic acids is 1. The fourth-order valence-electron chi connectivity index (χ4n) is 1.82. The van der Waals surface area contributed by atoms with Crippen molar-refractivity contribution in [3.63, 3.8) is 0 Å². The average molecular weight is 334 g/mol. The summed E-state index contributed by atoms with van der Waals surface area (Å²) in [7, 11) is 4.02. The first-order valence-corrected chi connectivity index (χ1v) is 7.00. The Labute approximate surface area is 127 Å². The topological polar surface area (TPSA) is 45.2 Å². The van der Waals surface area contributed by atoms with Crippen molar-refractivity contribution in [3.8, 4) is 0 Å². The number of amides is 1. The van der Waals surface area contributed by atoms with E-state index in [2.05, 4.69) is 31.1 Å². The third-order valence-corrected chi connectivity index (χ3v) is 3.11. The highest BCUT2D eigenvalue weighted by Gasteiger charge is 2.07. The standard InChI is InChI=1S/C15H16BrN3O/c1-19(2)10-11-4-3-5-13(8-11)18-15(20)14-7-6-12(16)9-17-14/h3-9H,10H2,1-2H3,(H,18,20). The van der Waals surface area contributed by atoms with Crippen LogP contribution in [0.4, 0.5) is 5.69 Å². The van der Waals surface area contributed by atoms with Crippen molar-refractivity contribution in [1.29, 1.82) is 0 Å². The molecule has 0 atom stereocenters. The maximum atomic E-state index is 12.1.